The predicted molar refractivity (Wildman–Crippen MR) is 95.8 cm³/mol. The molecule has 0 saturated heterocycles. The van der Waals surface area contributed by atoms with Crippen LogP contribution >= 0.6 is 11.8 Å². The van der Waals surface area contributed by atoms with E-state index in [0.29, 0.717) is 4.90 Å². The van der Waals surface area contributed by atoms with Gasteiger partial charge in [0, 0.05) is 4.90 Å². The number of amides is 1. The van der Waals surface area contributed by atoms with Crippen molar-refractivity contribution in [3.8, 4) is 5.75 Å². The smallest absolute Gasteiger partial charge is 0.230 e. The first-order valence-corrected chi connectivity index (χ1v) is 8.97. The summed E-state index contributed by atoms with van der Waals surface area (Å²) in [6, 6.07) is 11.0. The van der Waals surface area contributed by atoms with E-state index in [1.54, 1.807) is 0 Å². The number of thioether (sulfide) groups is 1. The SMILES string of the molecule is CC(C)Oc1cccc(C(C)NC(=O)CSc2ccc(F)c(F)c2)c1. The van der Waals surface area contributed by atoms with E-state index in [0.717, 1.165) is 35.2 Å². The molecule has 1 N–H and O–H groups in total. The Balaban J connectivity index is 1.90. The van der Waals surface area contributed by atoms with Crippen molar-refractivity contribution in [1.82, 2.24) is 5.32 Å². The summed E-state index contributed by atoms with van der Waals surface area (Å²) < 4.78 is 31.7. The molecule has 0 aliphatic carbocycles. The molecule has 0 spiro atoms. The van der Waals surface area contributed by atoms with Gasteiger partial charge in [0.2, 0.25) is 5.91 Å². The van der Waals surface area contributed by atoms with Crippen molar-refractivity contribution in [2.24, 2.45) is 0 Å². The highest BCUT2D eigenvalue weighted by Crippen LogP contribution is 2.22. The molecule has 0 bridgehead atoms. The number of nitrogens with one attached hydrogen (secondary N) is 1. The Morgan fingerprint density at radius 1 is 1.12 bits per heavy atom. The summed E-state index contributed by atoms with van der Waals surface area (Å²) in [5.41, 5.74) is 0.935. The Morgan fingerprint density at radius 3 is 2.56 bits per heavy atom. The topological polar surface area (TPSA) is 38.3 Å². The Bertz CT molecular complexity index is 737. The summed E-state index contributed by atoms with van der Waals surface area (Å²) in [6.07, 6.45) is 0.0765. The molecule has 134 valence electrons. The largest absolute Gasteiger partial charge is 0.491 e. The molecule has 6 heteroatoms. The number of hydrogen-bond acceptors (Lipinski definition) is 3. The van der Waals surface area contributed by atoms with Gasteiger partial charge in [-0.25, -0.2) is 8.78 Å². The minimum absolute atomic E-state index is 0.0765. The third-order valence-corrected chi connectivity index (χ3v) is 4.36. The molecule has 0 aromatic heterocycles. The van der Waals surface area contributed by atoms with Crippen molar-refractivity contribution in [2.45, 2.75) is 37.8 Å². The number of carbonyl (C=O) groups excluding carboxylic acids is 1. The fourth-order valence-electron chi connectivity index (χ4n) is 2.21. The number of rotatable bonds is 7. The quantitative estimate of drug-likeness (QED) is 0.722. The molecule has 2 aromatic rings. The Morgan fingerprint density at radius 2 is 1.88 bits per heavy atom. The molecule has 1 unspecified atom stereocenters. The molecule has 0 heterocycles. The van der Waals surface area contributed by atoms with Crippen molar-refractivity contribution < 1.29 is 18.3 Å². The zero-order valence-corrected chi connectivity index (χ0v) is 15.2. The van der Waals surface area contributed by atoms with Crippen molar-refractivity contribution in [1.29, 1.82) is 0 Å². The summed E-state index contributed by atoms with van der Waals surface area (Å²) >= 11 is 1.16. The zero-order valence-electron chi connectivity index (χ0n) is 14.4. The Hall–Kier alpha value is -2.08. The van der Waals surface area contributed by atoms with E-state index in [9.17, 15) is 13.6 Å². The average Bonchev–Trinajstić information content (AvgIpc) is 2.55. The van der Waals surface area contributed by atoms with Crippen LogP contribution in [0, 0.1) is 11.6 Å². The lowest BCUT2D eigenvalue weighted by atomic mass is 10.1. The monoisotopic (exact) mass is 365 g/mol. The Labute approximate surface area is 150 Å². The van der Waals surface area contributed by atoms with Crippen molar-refractivity contribution in [2.75, 3.05) is 5.75 Å². The van der Waals surface area contributed by atoms with Crippen LogP contribution in [-0.2, 0) is 4.79 Å². The van der Waals surface area contributed by atoms with Gasteiger partial charge in [-0.05, 0) is 56.7 Å². The van der Waals surface area contributed by atoms with E-state index in [2.05, 4.69) is 5.32 Å². The molecule has 2 rings (SSSR count). The maximum Gasteiger partial charge on any atom is 0.230 e. The molecule has 1 atom stereocenters. The van der Waals surface area contributed by atoms with Gasteiger partial charge in [0.1, 0.15) is 5.75 Å². The second-order valence-corrected chi connectivity index (χ2v) is 6.94. The average molecular weight is 365 g/mol. The van der Waals surface area contributed by atoms with E-state index in [-0.39, 0.29) is 23.8 Å². The van der Waals surface area contributed by atoms with Gasteiger partial charge >= 0.3 is 0 Å². The van der Waals surface area contributed by atoms with E-state index in [4.69, 9.17) is 4.74 Å². The normalized spacial score (nSPS) is 12.1. The molecule has 0 radical (unpaired) electrons. The molecule has 1 amide bonds. The van der Waals surface area contributed by atoms with Gasteiger partial charge in [0.05, 0.1) is 17.9 Å². The van der Waals surface area contributed by atoms with Crippen LogP contribution in [0.4, 0.5) is 8.78 Å². The van der Waals surface area contributed by atoms with Crippen LogP contribution < -0.4 is 10.1 Å². The lowest BCUT2D eigenvalue weighted by Gasteiger charge is -2.16. The highest BCUT2D eigenvalue weighted by molar-refractivity contribution is 8.00. The number of ether oxygens (including phenoxy) is 1. The summed E-state index contributed by atoms with van der Waals surface area (Å²) in [6.45, 7) is 5.79. The first kappa shape index (κ1) is 19.2. The summed E-state index contributed by atoms with van der Waals surface area (Å²) in [5.74, 6) is -1.12. The minimum Gasteiger partial charge on any atom is -0.491 e. The molecular weight excluding hydrogens is 344 g/mol. The summed E-state index contributed by atoms with van der Waals surface area (Å²) in [5, 5.41) is 2.89. The van der Waals surface area contributed by atoms with Gasteiger partial charge in [-0.15, -0.1) is 11.8 Å². The van der Waals surface area contributed by atoms with Gasteiger partial charge in [-0.3, -0.25) is 4.79 Å². The van der Waals surface area contributed by atoms with Crippen LogP contribution in [0.15, 0.2) is 47.4 Å². The Kier molecular flexibility index (Phi) is 6.82. The molecule has 2 aromatic carbocycles. The van der Waals surface area contributed by atoms with E-state index >= 15 is 0 Å². The fourth-order valence-corrected chi connectivity index (χ4v) is 2.94. The standard InChI is InChI=1S/C19H21F2NO2S/c1-12(2)24-15-6-4-5-14(9-15)13(3)22-19(23)11-25-16-7-8-17(20)18(21)10-16/h4-10,12-13H,11H2,1-3H3,(H,22,23). The predicted octanol–water partition coefficient (Wildman–Crippen LogP) is 4.72. The molecule has 0 fully saturated rings. The molecular formula is C19H21F2NO2S. The third-order valence-electron chi connectivity index (χ3n) is 3.37. The van der Waals surface area contributed by atoms with Crippen LogP contribution in [0.5, 0.6) is 5.75 Å². The van der Waals surface area contributed by atoms with E-state index in [1.807, 2.05) is 45.0 Å². The first-order valence-electron chi connectivity index (χ1n) is 7.99. The number of benzene rings is 2. The maximum absolute atomic E-state index is 13.2. The minimum atomic E-state index is -0.916. The number of halogens is 2. The molecule has 0 aliphatic rings. The van der Waals surface area contributed by atoms with Crippen LogP contribution in [0.3, 0.4) is 0 Å². The van der Waals surface area contributed by atoms with Crippen LogP contribution in [-0.4, -0.2) is 17.8 Å². The van der Waals surface area contributed by atoms with Crippen LogP contribution in [0.25, 0.3) is 0 Å². The zero-order chi connectivity index (χ0) is 18.4. The second kappa shape index (κ2) is 8.85. The lowest BCUT2D eigenvalue weighted by molar-refractivity contribution is -0.119. The van der Waals surface area contributed by atoms with Gasteiger partial charge in [0.25, 0.3) is 0 Å². The first-order chi connectivity index (χ1) is 11.8. The highest BCUT2D eigenvalue weighted by Gasteiger charge is 2.12. The van der Waals surface area contributed by atoms with Gasteiger partial charge in [-0.2, -0.15) is 0 Å². The lowest BCUT2D eigenvalue weighted by Crippen LogP contribution is -2.28. The van der Waals surface area contributed by atoms with Gasteiger partial charge in [-0.1, -0.05) is 12.1 Å². The second-order valence-electron chi connectivity index (χ2n) is 5.89. The fraction of sp³-hybridized carbons (Fsp3) is 0.316. The van der Waals surface area contributed by atoms with Crippen molar-refractivity contribution >= 4 is 17.7 Å². The van der Waals surface area contributed by atoms with Crippen molar-refractivity contribution in [3.63, 3.8) is 0 Å². The van der Waals surface area contributed by atoms with Crippen LogP contribution in [0.1, 0.15) is 32.4 Å². The summed E-state index contributed by atoms with van der Waals surface area (Å²) in [4.78, 5) is 12.6. The van der Waals surface area contributed by atoms with Crippen molar-refractivity contribution in [3.05, 3.63) is 59.7 Å². The number of hydrogen-bond donors (Lipinski definition) is 1. The molecule has 0 aliphatic heterocycles. The van der Waals surface area contributed by atoms with Gasteiger partial charge < -0.3 is 10.1 Å². The highest BCUT2D eigenvalue weighted by atomic mass is 32.2. The molecule has 0 saturated carbocycles. The summed E-state index contributed by atoms with van der Waals surface area (Å²) in [7, 11) is 0. The van der Waals surface area contributed by atoms with Gasteiger partial charge in [0.15, 0.2) is 11.6 Å². The maximum atomic E-state index is 13.2. The van der Waals surface area contributed by atoms with E-state index < -0.39 is 11.6 Å². The van der Waals surface area contributed by atoms with E-state index in [1.165, 1.54) is 6.07 Å². The van der Waals surface area contributed by atoms with Crippen LogP contribution in [0.2, 0.25) is 0 Å². The third kappa shape index (κ3) is 6.05. The number of carbonyl (C=O) groups is 1. The molecule has 3 nitrogen and oxygen atoms in total. The molecule has 25 heavy (non-hydrogen) atoms.